The van der Waals surface area contributed by atoms with E-state index in [-0.39, 0.29) is 16.2 Å². The lowest BCUT2D eigenvalue weighted by atomic mass is 9.58. The highest BCUT2D eigenvalue weighted by atomic mass is 14.7. The van der Waals surface area contributed by atoms with Crippen molar-refractivity contribution >= 4 is 10.8 Å². The van der Waals surface area contributed by atoms with E-state index in [4.69, 9.17) is 4.98 Å². The topological polar surface area (TPSA) is 12.9 Å². The van der Waals surface area contributed by atoms with Crippen LogP contribution in [0.5, 0.6) is 0 Å². The van der Waals surface area contributed by atoms with Gasteiger partial charge >= 0.3 is 0 Å². The monoisotopic (exact) mass is 419 g/mol. The van der Waals surface area contributed by atoms with Crippen molar-refractivity contribution in [2.24, 2.45) is 0 Å². The molecule has 0 amide bonds. The van der Waals surface area contributed by atoms with Crippen LogP contribution in [0.1, 0.15) is 76.3 Å². The van der Waals surface area contributed by atoms with E-state index in [9.17, 15) is 0 Å². The molecule has 0 bridgehead atoms. The summed E-state index contributed by atoms with van der Waals surface area (Å²) in [7, 11) is 0. The number of hydrogen-bond donors (Lipinski definition) is 0. The number of aromatic nitrogens is 1. The van der Waals surface area contributed by atoms with Crippen LogP contribution >= 0.6 is 0 Å². The minimum atomic E-state index is -0.142. The molecule has 1 aliphatic rings. The smallest absolute Gasteiger partial charge is 0.0708 e. The summed E-state index contributed by atoms with van der Waals surface area (Å²) in [4.78, 5) is 4.86. The molecule has 0 fully saturated rings. The summed E-state index contributed by atoms with van der Waals surface area (Å²) in [5.74, 6) is 0. The fourth-order valence-corrected chi connectivity index (χ4v) is 5.74. The second kappa shape index (κ2) is 6.78. The molecule has 0 spiro atoms. The molecule has 0 saturated carbocycles. The molecule has 0 saturated heterocycles. The number of pyridine rings is 1. The third kappa shape index (κ3) is 2.94. The Morgan fingerprint density at radius 3 is 2.16 bits per heavy atom. The predicted molar refractivity (Wildman–Crippen MR) is 137 cm³/mol. The van der Waals surface area contributed by atoms with Gasteiger partial charge in [-0.3, -0.25) is 4.98 Å². The molecule has 0 radical (unpaired) electrons. The quantitative estimate of drug-likeness (QED) is 0.303. The van der Waals surface area contributed by atoms with Gasteiger partial charge in [-0.25, -0.2) is 0 Å². The van der Waals surface area contributed by atoms with Crippen LogP contribution in [0, 0.1) is 0 Å². The lowest BCUT2D eigenvalue weighted by Crippen LogP contribution is -2.37. The number of rotatable bonds is 1. The summed E-state index contributed by atoms with van der Waals surface area (Å²) in [5.41, 5.74) is 9.21. The molecule has 0 atom stereocenters. The third-order valence-electron chi connectivity index (χ3n) is 7.49. The molecule has 162 valence electrons. The maximum Gasteiger partial charge on any atom is 0.0708 e. The molecular formula is C31H33N. The fraction of sp³-hybridized carbons (Fsp3) is 0.323. The Morgan fingerprint density at radius 2 is 1.41 bits per heavy atom. The molecular weight excluding hydrogens is 386 g/mol. The SMILES string of the molecule is CC(C)(C)c1ccnc(-c2cccc3c2C(C)(C)c2c(ccc4ccccc24)C3(C)C)c1. The summed E-state index contributed by atoms with van der Waals surface area (Å²) in [6.07, 6.45) is 1.97. The van der Waals surface area contributed by atoms with E-state index in [1.54, 1.807) is 0 Å². The maximum absolute atomic E-state index is 4.86. The Balaban J connectivity index is 1.85. The van der Waals surface area contributed by atoms with E-state index in [2.05, 4.69) is 115 Å². The lowest BCUT2D eigenvalue weighted by Gasteiger charge is -2.45. The van der Waals surface area contributed by atoms with Gasteiger partial charge in [0.05, 0.1) is 5.69 Å². The van der Waals surface area contributed by atoms with Crippen molar-refractivity contribution in [2.45, 2.75) is 64.7 Å². The average Bonchev–Trinajstić information content (AvgIpc) is 2.76. The normalized spacial score (nSPS) is 16.5. The molecule has 0 aliphatic heterocycles. The molecule has 1 heteroatoms. The van der Waals surface area contributed by atoms with Gasteiger partial charge in [0.2, 0.25) is 0 Å². The molecule has 0 unspecified atom stereocenters. The van der Waals surface area contributed by atoms with Gasteiger partial charge in [0.1, 0.15) is 0 Å². The summed E-state index contributed by atoms with van der Waals surface area (Å²) in [6, 6.07) is 24.7. The molecule has 1 nitrogen and oxygen atoms in total. The largest absolute Gasteiger partial charge is 0.256 e. The first kappa shape index (κ1) is 20.9. The van der Waals surface area contributed by atoms with Crippen molar-refractivity contribution in [3.8, 4) is 11.3 Å². The van der Waals surface area contributed by atoms with Gasteiger partial charge in [0.25, 0.3) is 0 Å². The molecule has 32 heavy (non-hydrogen) atoms. The van der Waals surface area contributed by atoms with E-state index >= 15 is 0 Å². The van der Waals surface area contributed by atoms with Crippen molar-refractivity contribution in [1.29, 1.82) is 0 Å². The highest BCUT2D eigenvalue weighted by Gasteiger charge is 2.44. The maximum atomic E-state index is 4.86. The first-order valence-corrected chi connectivity index (χ1v) is 11.7. The Hall–Kier alpha value is -2.93. The van der Waals surface area contributed by atoms with Gasteiger partial charge in [-0.2, -0.15) is 0 Å². The second-order valence-corrected chi connectivity index (χ2v) is 11.4. The Labute approximate surface area is 192 Å². The first-order chi connectivity index (χ1) is 15.0. The van der Waals surface area contributed by atoms with Crippen LogP contribution in [0.25, 0.3) is 22.0 Å². The Bertz CT molecular complexity index is 1350. The minimum absolute atomic E-state index is 0.0815. The minimum Gasteiger partial charge on any atom is -0.256 e. The zero-order chi connectivity index (χ0) is 22.9. The van der Waals surface area contributed by atoms with Gasteiger partial charge in [-0.1, -0.05) is 103 Å². The van der Waals surface area contributed by atoms with Crippen molar-refractivity contribution in [2.75, 3.05) is 0 Å². The summed E-state index contributed by atoms with van der Waals surface area (Å²) in [5, 5.41) is 2.67. The second-order valence-electron chi connectivity index (χ2n) is 11.4. The average molecular weight is 420 g/mol. The number of fused-ring (bicyclic) bond motifs is 4. The summed E-state index contributed by atoms with van der Waals surface area (Å²) in [6.45, 7) is 16.3. The van der Waals surface area contributed by atoms with Crippen molar-refractivity contribution in [3.05, 3.63) is 101 Å². The number of benzene rings is 3. The van der Waals surface area contributed by atoms with Crippen LogP contribution in [0.3, 0.4) is 0 Å². The van der Waals surface area contributed by atoms with Crippen LogP contribution in [0.15, 0.2) is 72.9 Å². The van der Waals surface area contributed by atoms with Gasteiger partial charge < -0.3 is 0 Å². The van der Waals surface area contributed by atoms with E-state index in [1.165, 1.54) is 44.2 Å². The van der Waals surface area contributed by atoms with E-state index < -0.39 is 0 Å². The van der Waals surface area contributed by atoms with Crippen LogP contribution in [0.4, 0.5) is 0 Å². The number of nitrogens with zero attached hydrogens (tertiary/aromatic N) is 1. The standard InChI is InChI=1S/C31H33N/c1-29(2,3)21-17-18-32-26(19-21)23-13-10-14-24-28(23)31(6,7)27-22-12-9-8-11-20(22)15-16-25(27)30(24,4)5/h8-19H,1-7H3. The molecule has 5 rings (SSSR count). The van der Waals surface area contributed by atoms with E-state index in [1.807, 2.05) is 6.20 Å². The van der Waals surface area contributed by atoms with E-state index in [0.717, 1.165) is 5.69 Å². The molecule has 4 aromatic rings. The van der Waals surface area contributed by atoms with Crippen LogP contribution in [-0.2, 0) is 16.2 Å². The summed E-state index contributed by atoms with van der Waals surface area (Å²) >= 11 is 0. The van der Waals surface area contributed by atoms with Crippen molar-refractivity contribution < 1.29 is 0 Å². The zero-order valence-electron chi connectivity index (χ0n) is 20.4. The highest BCUT2D eigenvalue weighted by molar-refractivity contribution is 5.91. The van der Waals surface area contributed by atoms with Gasteiger partial charge in [-0.05, 0) is 56.1 Å². The molecule has 1 aliphatic carbocycles. The number of hydrogen-bond acceptors (Lipinski definition) is 1. The molecule has 1 heterocycles. The van der Waals surface area contributed by atoms with Crippen molar-refractivity contribution in [1.82, 2.24) is 4.98 Å². The molecule has 1 aromatic heterocycles. The highest BCUT2D eigenvalue weighted by Crippen LogP contribution is 2.54. The first-order valence-electron chi connectivity index (χ1n) is 11.7. The fourth-order valence-electron chi connectivity index (χ4n) is 5.74. The predicted octanol–water partition coefficient (Wildman–Crippen LogP) is 8.16. The van der Waals surface area contributed by atoms with Crippen molar-refractivity contribution in [3.63, 3.8) is 0 Å². The molecule has 0 N–H and O–H groups in total. The van der Waals surface area contributed by atoms with Crippen LogP contribution in [0.2, 0.25) is 0 Å². The van der Waals surface area contributed by atoms with Crippen LogP contribution in [-0.4, -0.2) is 4.98 Å². The van der Waals surface area contributed by atoms with Gasteiger partial charge in [0, 0.05) is 22.6 Å². The van der Waals surface area contributed by atoms with Gasteiger partial charge in [0.15, 0.2) is 0 Å². The van der Waals surface area contributed by atoms with Gasteiger partial charge in [-0.15, -0.1) is 0 Å². The van der Waals surface area contributed by atoms with Crippen LogP contribution < -0.4 is 0 Å². The third-order valence-corrected chi connectivity index (χ3v) is 7.49. The Kier molecular flexibility index (Phi) is 4.44. The Morgan fingerprint density at radius 1 is 0.688 bits per heavy atom. The molecule has 3 aromatic carbocycles. The lowest BCUT2D eigenvalue weighted by molar-refractivity contribution is 0.526. The van der Waals surface area contributed by atoms with E-state index in [0.29, 0.717) is 0 Å². The summed E-state index contributed by atoms with van der Waals surface area (Å²) < 4.78 is 0. The zero-order valence-corrected chi connectivity index (χ0v) is 20.4.